The molecule has 1 heterocycles. The molecule has 1 rings (SSSR count). The van der Waals surface area contributed by atoms with Gasteiger partial charge in [0.2, 0.25) is 10.0 Å². The lowest BCUT2D eigenvalue weighted by molar-refractivity contribution is -0.131. The summed E-state index contributed by atoms with van der Waals surface area (Å²) in [5.74, 6) is -0.865. The summed E-state index contributed by atoms with van der Waals surface area (Å²) in [4.78, 5) is 12.0. The van der Waals surface area contributed by atoms with Gasteiger partial charge in [-0.2, -0.15) is 0 Å². The molecule has 0 saturated carbocycles. The smallest absolute Gasteiger partial charge is 0.328 e. The number of thiophene rings is 1. The zero-order valence-electron chi connectivity index (χ0n) is 10.6. The zero-order valence-corrected chi connectivity index (χ0v) is 12.3. The molecule has 0 aromatic carbocycles. The van der Waals surface area contributed by atoms with E-state index in [-0.39, 0.29) is 12.3 Å². The van der Waals surface area contributed by atoms with Crippen LogP contribution in [0.25, 0.3) is 6.08 Å². The van der Waals surface area contributed by atoms with Crippen LogP contribution in [-0.2, 0) is 21.4 Å². The molecule has 7 heteroatoms. The van der Waals surface area contributed by atoms with Gasteiger partial charge in [-0.25, -0.2) is 17.9 Å². The van der Waals surface area contributed by atoms with E-state index >= 15 is 0 Å². The van der Waals surface area contributed by atoms with Gasteiger partial charge in [0.15, 0.2) is 0 Å². The fourth-order valence-corrected chi connectivity index (χ4v) is 3.46. The highest BCUT2D eigenvalue weighted by Crippen LogP contribution is 2.18. The second-order valence-corrected chi connectivity index (χ2v) is 7.10. The molecule has 106 valence electrons. The molecule has 1 aromatic rings. The van der Waals surface area contributed by atoms with E-state index in [4.69, 9.17) is 5.11 Å². The highest BCUT2D eigenvalue weighted by atomic mass is 32.2. The molecule has 0 unspecified atom stereocenters. The van der Waals surface area contributed by atoms with Gasteiger partial charge >= 0.3 is 5.97 Å². The normalized spacial score (nSPS) is 12.1. The van der Waals surface area contributed by atoms with Crippen LogP contribution in [-0.4, -0.2) is 25.2 Å². The Morgan fingerprint density at radius 3 is 2.84 bits per heavy atom. The van der Waals surface area contributed by atoms with Gasteiger partial charge in [0, 0.05) is 22.4 Å². The maximum atomic E-state index is 11.6. The zero-order chi connectivity index (χ0) is 14.3. The largest absolute Gasteiger partial charge is 0.478 e. The Hall–Kier alpha value is -1.18. The molecular weight excluding hydrogens is 286 g/mol. The van der Waals surface area contributed by atoms with Gasteiger partial charge in [-0.3, -0.25) is 0 Å². The summed E-state index contributed by atoms with van der Waals surface area (Å²) in [6.45, 7) is 2.19. The monoisotopic (exact) mass is 303 g/mol. The van der Waals surface area contributed by atoms with E-state index in [2.05, 4.69) is 4.72 Å². The second kappa shape index (κ2) is 7.42. The molecule has 0 aliphatic rings. The Labute approximate surface area is 117 Å². The Kier molecular flexibility index (Phi) is 6.20. The average molecular weight is 303 g/mol. The van der Waals surface area contributed by atoms with Crippen molar-refractivity contribution in [1.29, 1.82) is 0 Å². The summed E-state index contributed by atoms with van der Waals surface area (Å²) in [5.41, 5.74) is 0. The first kappa shape index (κ1) is 15.9. The van der Waals surface area contributed by atoms with E-state index in [0.717, 1.165) is 22.3 Å². The lowest BCUT2D eigenvalue weighted by atomic mass is 10.4. The van der Waals surface area contributed by atoms with Crippen LogP contribution in [0.3, 0.4) is 0 Å². The number of hydrogen-bond donors (Lipinski definition) is 2. The topological polar surface area (TPSA) is 83.5 Å². The molecule has 5 nitrogen and oxygen atoms in total. The van der Waals surface area contributed by atoms with Crippen LogP contribution in [0.15, 0.2) is 18.2 Å². The number of rotatable bonds is 8. The van der Waals surface area contributed by atoms with Gasteiger partial charge < -0.3 is 5.11 Å². The minimum absolute atomic E-state index is 0.140. The molecule has 0 fully saturated rings. The van der Waals surface area contributed by atoms with Crippen molar-refractivity contribution in [3.05, 3.63) is 28.0 Å². The summed E-state index contributed by atoms with van der Waals surface area (Å²) in [7, 11) is -3.21. The summed E-state index contributed by atoms with van der Waals surface area (Å²) >= 11 is 1.36. The van der Waals surface area contributed by atoms with E-state index in [9.17, 15) is 13.2 Å². The first-order valence-electron chi connectivity index (χ1n) is 5.90. The average Bonchev–Trinajstić information content (AvgIpc) is 2.80. The first-order chi connectivity index (χ1) is 8.93. The molecule has 0 spiro atoms. The van der Waals surface area contributed by atoms with Gasteiger partial charge in [-0.15, -0.1) is 11.3 Å². The predicted octanol–water partition coefficient (Wildman–Crippen LogP) is 2.07. The van der Waals surface area contributed by atoms with E-state index in [1.54, 1.807) is 12.1 Å². The number of nitrogens with one attached hydrogen (secondary N) is 1. The van der Waals surface area contributed by atoms with Crippen LogP contribution in [0, 0.1) is 0 Å². The van der Waals surface area contributed by atoms with Gasteiger partial charge in [0.1, 0.15) is 0 Å². The van der Waals surface area contributed by atoms with Crippen LogP contribution in [0.2, 0.25) is 0 Å². The van der Waals surface area contributed by atoms with E-state index in [1.165, 1.54) is 17.4 Å². The quantitative estimate of drug-likeness (QED) is 0.720. The highest BCUT2D eigenvalue weighted by Gasteiger charge is 2.09. The van der Waals surface area contributed by atoms with Gasteiger partial charge in [0.05, 0.1) is 5.75 Å². The lowest BCUT2D eigenvalue weighted by Gasteiger charge is -2.04. The maximum Gasteiger partial charge on any atom is 0.328 e. The SMILES string of the molecule is CCCCS(=O)(=O)NCc1ccc(C=CC(=O)O)s1. The van der Waals surface area contributed by atoms with Gasteiger partial charge in [0.25, 0.3) is 0 Å². The van der Waals surface area contributed by atoms with Crippen molar-refractivity contribution in [2.75, 3.05) is 5.75 Å². The van der Waals surface area contributed by atoms with Crippen molar-refractivity contribution < 1.29 is 18.3 Å². The van der Waals surface area contributed by atoms with Crippen molar-refractivity contribution in [2.24, 2.45) is 0 Å². The Bertz CT molecular complexity index is 546. The van der Waals surface area contributed by atoms with E-state index in [1.807, 2.05) is 6.92 Å². The standard InChI is InChI=1S/C12H17NO4S2/c1-2-3-8-19(16,17)13-9-11-5-4-10(18-11)6-7-12(14)15/h4-7,13H,2-3,8-9H2,1H3,(H,14,15). The Balaban J connectivity index is 2.53. The van der Waals surface area contributed by atoms with Gasteiger partial charge in [-0.1, -0.05) is 13.3 Å². The van der Waals surface area contributed by atoms with Gasteiger partial charge in [-0.05, 0) is 24.6 Å². The number of aliphatic carboxylic acids is 1. The fourth-order valence-electron chi connectivity index (χ4n) is 1.32. The minimum atomic E-state index is -3.21. The van der Waals surface area contributed by atoms with E-state index < -0.39 is 16.0 Å². The second-order valence-electron chi connectivity index (χ2n) is 3.97. The molecule has 2 N–H and O–H groups in total. The molecule has 19 heavy (non-hydrogen) atoms. The fraction of sp³-hybridized carbons (Fsp3) is 0.417. The predicted molar refractivity (Wildman–Crippen MR) is 76.5 cm³/mol. The number of hydrogen-bond acceptors (Lipinski definition) is 4. The van der Waals surface area contributed by atoms with Crippen LogP contribution in [0.5, 0.6) is 0 Å². The Morgan fingerprint density at radius 1 is 1.47 bits per heavy atom. The summed E-state index contributed by atoms with van der Waals surface area (Å²) in [5, 5.41) is 8.50. The molecular formula is C12H17NO4S2. The third kappa shape index (κ3) is 6.51. The van der Waals surface area contributed by atoms with Crippen molar-refractivity contribution in [3.63, 3.8) is 0 Å². The Morgan fingerprint density at radius 2 is 2.21 bits per heavy atom. The first-order valence-corrected chi connectivity index (χ1v) is 8.37. The number of sulfonamides is 1. The maximum absolute atomic E-state index is 11.6. The molecule has 0 bridgehead atoms. The molecule has 0 radical (unpaired) electrons. The number of carboxylic acid groups (broad SMARTS) is 1. The van der Waals surface area contributed by atoms with Crippen molar-refractivity contribution >= 4 is 33.4 Å². The molecule has 0 aliphatic carbocycles. The van der Waals surface area contributed by atoms with Crippen LogP contribution in [0.4, 0.5) is 0 Å². The van der Waals surface area contributed by atoms with E-state index in [0.29, 0.717) is 6.42 Å². The number of carboxylic acids is 1. The van der Waals surface area contributed by atoms with Crippen LogP contribution in [0.1, 0.15) is 29.5 Å². The number of carbonyl (C=O) groups is 1. The molecule has 0 atom stereocenters. The van der Waals surface area contributed by atoms with Crippen molar-refractivity contribution in [1.82, 2.24) is 4.72 Å². The molecule has 0 amide bonds. The molecule has 0 saturated heterocycles. The highest BCUT2D eigenvalue weighted by molar-refractivity contribution is 7.89. The van der Waals surface area contributed by atoms with Crippen LogP contribution < -0.4 is 4.72 Å². The van der Waals surface area contributed by atoms with Crippen molar-refractivity contribution in [2.45, 2.75) is 26.3 Å². The number of unbranched alkanes of at least 4 members (excludes halogenated alkanes) is 1. The molecule has 1 aromatic heterocycles. The molecule has 0 aliphatic heterocycles. The minimum Gasteiger partial charge on any atom is -0.478 e. The lowest BCUT2D eigenvalue weighted by Crippen LogP contribution is -2.25. The van der Waals surface area contributed by atoms with Crippen molar-refractivity contribution in [3.8, 4) is 0 Å². The third-order valence-corrected chi connectivity index (χ3v) is 4.77. The van der Waals surface area contributed by atoms with Crippen LogP contribution >= 0.6 is 11.3 Å². The summed E-state index contributed by atoms with van der Waals surface area (Å²) < 4.78 is 25.7. The summed E-state index contributed by atoms with van der Waals surface area (Å²) in [6, 6.07) is 3.55. The summed E-state index contributed by atoms with van der Waals surface area (Å²) in [6.07, 6.45) is 4.03. The third-order valence-electron chi connectivity index (χ3n) is 2.31.